The fraction of sp³-hybridized carbons (Fsp3) is 0.333. The Labute approximate surface area is 111 Å². The van der Waals surface area contributed by atoms with Crippen LogP contribution in [0.5, 0.6) is 5.75 Å². The molecule has 3 rings (SSSR count). The van der Waals surface area contributed by atoms with Crippen molar-refractivity contribution in [2.24, 2.45) is 0 Å². The number of rotatable bonds is 4. The van der Waals surface area contributed by atoms with Crippen LogP contribution in [0, 0.1) is 0 Å². The van der Waals surface area contributed by atoms with E-state index in [4.69, 9.17) is 4.74 Å². The average molecular weight is 256 g/mol. The Morgan fingerprint density at radius 3 is 2.95 bits per heavy atom. The first-order valence-corrected chi connectivity index (χ1v) is 6.62. The number of nitrogens with one attached hydrogen (secondary N) is 1. The fourth-order valence-corrected chi connectivity index (χ4v) is 1.93. The van der Waals surface area contributed by atoms with Gasteiger partial charge in [-0.3, -0.25) is 4.79 Å². The van der Waals surface area contributed by atoms with Crippen molar-refractivity contribution < 1.29 is 4.74 Å². The lowest BCUT2D eigenvalue weighted by Gasteiger charge is -2.07. The molecule has 0 atom stereocenters. The third-order valence-electron chi connectivity index (χ3n) is 3.08. The number of hydrogen-bond donors (Lipinski definition) is 1. The maximum atomic E-state index is 11.6. The van der Waals surface area contributed by atoms with Crippen molar-refractivity contribution in [1.82, 2.24) is 9.97 Å². The van der Waals surface area contributed by atoms with E-state index in [-0.39, 0.29) is 5.56 Å². The number of nitrogens with zero attached hydrogens (tertiary/aromatic N) is 1. The summed E-state index contributed by atoms with van der Waals surface area (Å²) in [6.45, 7) is 1.97. The second-order valence-electron chi connectivity index (χ2n) is 4.78. The second kappa shape index (κ2) is 4.88. The monoisotopic (exact) mass is 256 g/mol. The van der Waals surface area contributed by atoms with Crippen LogP contribution >= 0.6 is 0 Å². The smallest absolute Gasteiger partial charge is 0.251 e. The predicted octanol–water partition coefficient (Wildman–Crippen LogP) is 2.54. The first kappa shape index (κ1) is 12.0. The Morgan fingerprint density at radius 2 is 2.21 bits per heavy atom. The van der Waals surface area contributed by atoms with Crippen LogP contribution in [0.4, 0.5) is 0 Å². The molecule has 0 aliphatic heterocycles. The largest absolute Gasteiger partial charge is 0.490 e. The molecule has 1 saturated carbocycles. The van der Waals surface area contributed by atoms with E-state index in [1.54, 1.807) is 0 Å². The van der Waals surface area contributed by atoms with E-state index >= 15 is 0 Å². The van der Waals surface area contributed by atoms with E-state index in [1.807, 2.05) is 31.2 Å². The van der Waals surface area contributed by atoms with Crippen LogP contribution in [-0.4, -0.2) is 16.1 Å². The van der Waals surface area contributed by atoms with Gasteiger partial charge in [0.1, 0.15) is 11.6 Å². The molecule has 1 fully saturated rings. The molecule has 0 saturated heterocycles. The Balaban J connectivity index is 1.96. The van der Waals surface area contributed by atoms with Gasteiger partial charge >= 0.3 is 0 Å². The Kier molecular flexibility index (Phi) is 3.07. The Hall–Kier alpha value is -2.10. The van der Waals surface area contributed by atoms with Gasteiger partial charge in [0.25, 0.3) is 5.56 Å². The van der Waals surface area contributed by atoms with Crippen LogP contribution in [0.25, 0.3) is 11.3 Å². The van der Waals surface area contributed by atoms with Crippen LogP contribution in [0.1, 0.15) is 25.6 Å². The molecule has 0 bridgehead atoms. The van der Waals surface area contributed by atoms with Gasteiger partial charge < -0.3 is 9.72 Å². The summed E-state index contributed by atoms with van der Waals surface area (Å²) in [6.07, 6.45) is 3.34. The average Bonchev–Trinajstić information content (AvgIpc) is 3.22. The van der Waals surface area contributed by atoms with Crippen molar-refractivity contribution in [2.75, 3.05) is 0 Å². The first-order chi connectivity index (χ1) is 9.24. The minimum Gasteiger partial charge on any atom is -0.490 e. The molecule has 1 aliphatic carbocycles. The van der Waals surface area contributed by atoms with Gasteiger partial charge in [-0.1, -0.05) is 19.1 Å². The summed E-state index contributed by atoms with van der Waals surface area (Å²) in [7, 11) is 0. The van der Waals surface area contributed by atoms with Gasteiger partial charge in [0, 0.05) is 18.1 Å². The summed E-state index contributed by atoms with van der Waals surface area (Å²) in [6, 6.07) is 9.28. The summed E-state index contributed by atoms with van der Waals surface area (Å²) < 4.78 is 5.76. The van der Waals surface area contributed by atoms with E-state index < -0.39 is 0 Å². The maximum absolute atomic E-state index is 11.6. The summed E-state index contributed by atoms with van der Waals surface area (Å²) >= 11 is 0. The van der Waals surface area contributed by atoms with Crippen LogP contribution in [0.3, 0.4) is 0 Å². The number of H-pyrrole nitrogens is 1. The van der Waals surface area contributed by atoms with E-state index in [0.29, 0.717) is 24.0 Å². The standard InChI is InChI=1S/C15H16N2O2/c1-2-14-16-13(9-15(18)17-14)10-4-3-5-12(8-10)19-11-6-7-11/h3-5,8-9,11H,2,6-7H2,1H3,(H,16,17,18). The van der Waals surface area contributed by atoms with Crippen LogP contribution in [0.15, 0.2) is 35.1 Å². The van der Waals surface area contributed by atoms with Gasteiger partial charge in [-0.25, -0.2) is 4.98 Å². The highest BCUT2D eigenvalue weighted by atomic mass is 16.5. The number of ether oxygens (including phenoxy) is 1. The first-order valence-electron chi connectivity index (χ1n) is 6.62. The quantitative estimate of drug-likeness (QED) is 0.914. The number of benzene rings is 1. The van der Waals surface area contributed by atoms with E-state index in [1.165, 1.54) is 6.07 Å². The minimum absolute atomic E-state index is 0.115. The zero-order valence-electron chi connectivity index (χ0n) is 10.8. The third kappa shape index (κ3) is 2.84. The summed E-state index contributed by atoms with van der Waals surface area (Å²) in [4.78, 5) is 18.8. The van der Waals surface area contributed by atoms with E-state index in [0.717, 1.165) is 24.2 Å². The van der Waals surface area contributed by atoms with Gasteiger partial charge in [-0.2, -0.15) is 0 Å². The number of hydrogen-bond acceptors (Lipinski definition) is 3. The highest BCUT2D eigenvalue weighted by Gasteiger charge is 2.23. The van der Waals surface area contributed by atoms with Gasteiger partial charge in [-0.15, -0.1) is 0 Å². The van der Waals surface area contributed by atoms with Crippen molar-refractivity contribution in [2.45, 2.75) is 32.3 Å². The van der Waals surface area contributed by atoms with Gasteiger partial charge in [0.15, 0.2) is 0 Å². The molecule has 1 heterocycles. The number of aromatic amines is 1. The highest BCUT2D eigenvalue weighted by molar-refractivity contribution is 5.60. The zero-order valence-corrected chi connectivity index (χ0v) is 10.8. The lowest BCUT2D eigenvalue weighted by atomic mass is 10.1. The molecule has 0 spiro atoms. The molecule has 19 heavy (non-hydrogen) atoms. The number of aromatic nitrogens is 2. The molecule has 0 unspecified atom stereocenters. The second-order valence-corrected chi connectivity index (χ2v) is 4.78. The van der Waals surface area contributed by atoms with Gasteiger partial charge in [0.05, 0.1) is 11.8 Å². The van der Waals surface area contributed by atoms with E-state index in [9.17, 15) is 4.79 Å². The normalized spacial score (nSPS) is 14.4. The third-order valence-corrected chi connectivity index (χ3v) is 3.08. The summed E-state index contributed by atoms with van der Waals surface area (Å²) in [5.41, 5.74) is 1.50. The molecule has 1 aromatic carbocycles. The molecule has 4 nitrogen and oxygen atoms in total. The van der Waals surface area contributed by atoms with Gasteiger partial charge in [-0.05, 0) is 25.0 Å². The molecule has 2 aromatic rings. The summed E-state index contributed by atoms with van der Waals surface area (Å²) in [5, 5.41) is 0. The Bertz CT molecular complexity index is 645. The lowest BCUT2D eigenvalue weighted by molar-refractivity contribution is 0.303. The van der Waals surface area contributed by atoms with Crippen molar-refractivity contribution >= 4 is 0 Å². The van der Waals surface area contributed by atoms with Crippen LogP contribution < -0.4 is 10.3 Å². The van der Waals surface area contributed by atoms with E-state index in [2.05, 4.69) is 9.97 Å². The highest BCUT2D eigenvalue weighted by Crippen LogP contribution is 2.29. The molecule has 0 radical (unpaired) electrons. The molecule has 1 aromatic heterocycles. The van der Waals surface area contributed by atoms with Crippen molar-refractivity contribution in [3.63, 3.8) is 0 Å². The van der Waals surface area contributed by atoms with Crippen molar-refractivity contribution in [1.29, 1.82) is 0 Å². The molecule has 1 N–H and O–H groups in total. The summed E-state index contributed by atoms with van der Waals surface area (Å²) in [5.74, 6) is 1.55. The molecular formula is C15H16N2O2. The fourth-order valence-electron chi connectivity index (χ4n) is 1.93. The van der Waals surface area contributed by atoms with Gasteiger partial charge in [0.2, 0.25) is 0 Å². The molecule has 1 aliphatic rings. The predicted molar refractivity (Wildman–Crippen MR) is 73.3 cm³/mol. The van der Waals surface area contributed by atoms with Crippen molar-refractivity contribution in [3.05, 3.63) is 46.5 Å². The molecular weight excluding hydrogens is 240 g/mol. The zero-order chi connectivity index (χ0) is 13.2. The minimum atomic E-state index is -0.115. The van der Waals surface area contributed by atoms with Crippen molar-refractivity contribution in [3.8, 4) is 17.0 Å². The van der Waals surface area contributed by atoms with Crippen LogP contribution in [0.2, 0.25) is 0 Å². The molecule has 98 valence electrons. The lowest BCUT2D eigenvalue weighted by Crippen LogP contribution is -2.10. The molecule has 0 amide bonds. The SMILES string of the molecule is CCc1nc(-c2cccc(OC3CC3)c2)cc(=O)[nH]1. The Morgan fingerprint density at radius 1 is 1.37 bits per heavy atom. The molecule has 4 heteroatoms. The number of aryl methyl sites for hydroxylation is 1. The topological polar surface area (TPSA) is 55.0 Å². The maximum Gasteiger partial charge on any atom is 0.251 e. The van der Waals surface area contributed by atoms with Crippen LogP contribution in [-0.2, 0) is 6.42 Å².